The van der Waals surface area contributed by atoms with Crippen molar-refractivity contribution in [2.45, 2.75) is 13.0 Å². The first-order chi connectivity index (χ1) is 10.2. The van der Waals surface area contributed by atoms with Crippen molar-refractivity contribution in [3.63, 3.8) is 0 Å². The summed E-state index contributed by atoms with van der Waals surface area (Å²) in [6.45, 7) is 4.24. The first kappa shape index (κ1) is 15.3. The Bertz CT molecular complexity index is 625. The van der Waals surface area contributed by atoms with Gasteiger partial charge in [-0.05, 0) is 62.2 Å². The van der Waals surface area contributed by atoms with Crippen molar-refractivity contribution < 1.29 is 9.47 Å². The van der Waals surface area contributed by atoms with Gasteiger partial charge in [-0.25, -0.2) is 0 Å². The Balaban J connectivity index is 1.97. The number of ether oxygens (including phenoxy) is 2. The highest BCUT2D eigenvalue weighted by Crippen LogP contribution is 2.40. The van der Waals surface area contributed by atoms with Crippen molar-refractivity contribution in [2.24, 2.45) is 0 Å². The molecule has 1 aliphatic rings. The molecule has 112 valence electrons. The molecule has 0 radical (unpaired) electrons. The fraction of sp³-hybridized carbons (Fsp3) is 0.333. The minimum atomic E-state index is 0.151. The van der Waals surface area contributed by atoms with Gasteiger partial charge in [0.1, 0.15) is 13.2 Å². The van der Waals surface area contributed by atoms with Crippen LogP contribution in [0.25, 0.3) is 0 Å². The van der Waals surface area contributed by atoms with Crippen LogP contribution in [0.4, 0.5) is 0 Å². The summed E-state index contributed by atoms with van der Waals surface area (Å²) >= 11 is 8.86. The van der Waals surface area contributed by atoms with Crippen molar-refractivity contribution in [1.82, 2.24) is 5.32 Å². The van der Waals surface area contributed by atoms with Gasteiger partial charge in [-0.15, -0.1) is 11.3 Å². The zero-order valence-corrected chi connectivity index (χ0v) is 15.5. The lowest BCUT2D eigenvalue weighted by Gasteiger charge is -2.22. The van der Waals surface area contributed by atoms with Crippen LogP contribution in [0.2, 0.25) is 0 Å². The van der Waals surface area contributed by atoms with E-state index in [0.29, 0.717) is 13.2 Å². The maximum absolute atomic E-state index is 5.69. The van der Waals surface area contributed by atoms with E-state index in [1.54, 1.807) is 11.3 Å². The number of halogens is 2. The molecule has 21 heavy (non-hydrogen) atoms. The second-order valence-electron chi connectivity index (χ2n) is 4.66. The number of fused-ring (bicyclic) bond motifs is 1. The summed E-state index contributed by atoms with van der Waals surface area (Å²) in [7, 11) is 0. The van der Waals surface area contributed by atoms with Gasteiger partial charge in [-0.2, -0.15) is 0 Å². The molecule has 0 amide bonds. The maximum Gasteiger partial charge on any atom is 0.161 e. The molecular formula is C15H15Br2NO2S. The molecule has 3 nitrogen and oxygen atoms in total. The lowest BCUT2D eigenvalue weighted by atomic mass is 10.0. The maximum atomic E-state index is 5.69. The van der Waals surface area contributed by atoms with Crippen molar-refractivity contribution in [1.29, 1.82) is 0 Å². The van der Waals surface area contributed by atoms with Gasteiger partial charge >= 0.3 is 0 Å². The van der Waals surface area contributed by atoms with Gasteiger partial charge in [-0.1, -0.05) is 13.0 Å². The minimum Gasteiger partial charge on any atom is -0.486 e. The summed E-state index contributed by atoms with van der Waals surface area (Å²) in [6.07, 6.45) is 0. The van der Waals surface area contributed by atoms with E-state index in [2.05, 4.69) is 62.3 Å². The summed E-state index contributed by atoms with van der Waals surface area (Å²) < 4.78 is 13.5. The Hall–Kier alpha value is -0.560. The van der Waals surface area contributed by atoms with Crippen LogP contribution in [0.15, 0.2) is 32.5 Å². The van der Waals surface area contributed by atoms with Gasteiger partial charge in [0.2, 0.25) is 0 Å². The van der Waals surface area contributed by atoms with E-state index in [1.165, 1.54) is 10.4 Å². The highest BCUT2D eigenvalue weighted by Gasteiger charge is 2.20. The average Bonchev–Trinajstić information content (AvgIpc) is 2.83. The standard InChI is InChI=1S/C15H15Br2NO2S/c1-2-18-14(13-8-10(16)15(17)21-13)9-3-4-11-12(7-9)20-6-5-19-11/h3-4,7-8,14,18H,2,5-6H2,1H3. The number of hydrogen-bond acceptors (Lipinski definition) is 4. The molecular weight excluding hydrogens is 418 g/mol. The molecule has 0 aliphatic carbocycles. The second-order valence-corrected chi connectivity index (χ2v) is 7.92. The minimum absolute atomic E-state index is 0.151. The topological polar surface area (TPSA) is 30.5 Å². The summed E-state index contributed by atoms with van der Waals surface area (Å²) in [4.78, 5) is 1.26. The van der Waals surface area contributed by atoms with E-state index in [0.717, 1.165) is 26.3 Å². The van der Waals surface area contributed by atoms with Gasteiger partial charge in [0, 0.05) is 9.35 Å². The van der Waals surface area contributed by atoms with Crippen LogP contribution in [0.3, 0.4) is 0 Å². The largest absolute Gasteiger partial charge is 0.486 e. The second kappa shape index (κ2) is 6.69. The van der Waals surface area contributed by atoms with Crippen LogP contribution in [-0.2, 0) is 0 Å². The number of thiophene rings is 1. The predicted molar refractivity (Wildman–Crippen MR) is 92.7 cm³/mol. The Morgan fingerprint density at radius 2 is 1.95 bits per heavy atom. The van der Waals surface area contributed by atoms with Gasteiger partial charge < -0.3 is 14.8 Å². The molecule has 1 unspecified atom stereocenters. The van der Waals surface area contributed by atoms with Crippen LogP contribution in [0, 0.1) is 0 Å². The smallest absolute Gasteiger partial charge is 0.161 e. The Morgan fingerprint density at radius 1 is 1.19 bits per heavy atom. The molecule has 0 saturated carbocycles. The fourth-order valence-corrected chi connectivity index (χ4v) is 4.53. The van der Waals surface area contributed by atoms with E-state index in [1.807, 2.05) is 6.07 Å². The Morgan fingerprint density at radius 3 is 2.62 bits per heavy atom. The first-order valence-electron chi connectivity index (χ1n) is 6.76. The summed E-state index contributed by atoms with van der Waals surface area (Å²) in [5, 5.41) is 3.53. The van der Waals surface area contributed by atoms with Crippen LogP contribution in [0.1, 0.15) is 23.4 Å². The van der Waals surface area contributed by atoms with Crippen LogP contribution in [0.5, 0.6) is 11.5 Å². The Kier molecular flexibility index (Phi) is 4.88. The highest BCUT2D eigenvalue weighted by molar-refractivity contribution is 9.13. The molecule has 6 heteroatoms. The van der Waals surface area contributed by atoms with E-state index >= 15 is 0 Å². The fourth-order valence-electron chi connectivity index (χ4n) is 2.33. The van der Waals surface area contributed by atoms with E-state index < -0.39 is 0 Å². The van der Waals surface area contributed by atoms with Crippen molar-refractivity contribution >= 4 is 43.2 Å². The summed E-state index contributed by atoms with van der Waals surface area (Å²) in [6, 6.07) is 8.47. The van der Waals surface area contributed by atoms with Crippen LogP contribution >= 0.6 is 43.2 Å². The molecule has 0 saturated heterocycles. The first-order valence-corrected chi connectivity index (χ1v) is 9.17. The normalized spacial score (nSPS) is 15.0. The van der Waals surface area contributed by atoms with Crippen molar-refractivity contribution in [3.05, 3.63) is 43.0 Å². The van der Waals surface area contributed by atoms with E-state index in [9.17, 15) is 0 Å². The molecule has 2 aromatic rings. The SMILES string of the molecule is CCNC(c1ccc2c(c1)OCCO2)c1cc(Br)c(Br)s1. The molecule has 1 aromatic heterocycles. The zero-order chi connectivity index (χ0) is 14.8. The van der Waals surface area contributed by atoms with Gasteiger partial charge in [0.25, 0.3) is 0 Å². The molecule has 1 aromatic carbocycles. The third kappa shape index (κ3) is 3.28. The third-order valence-electron chi connectivity index (χ3n) is 3.26. The average molecular weight is 433 g/mol. The lowest BCUT2D eigenvalue weighted by molar-refractivity contribution is 0.171. The monoisotopic (exact) mass is 431 g/mol. The molecule has 2 heterocycles. The predicted octanol–water partition coefficient (Wildman–Crippen LogP) is 4.74. The molecule has 1 atom stereocenters. The molecule has 1 aliphatic heterocycles. The lowest BCUT2D eigenvalue weighted by Crippen LogP contribution is -2.22. The van der Waals surface area contributed by atoms with Crippen LogP contribution in [-0.4, -0.2) is 19.8 Å². The molecule has 0 spiro atoms. The summed E-state index contributed by atoms with van der Waals surface area (Å²) in [5.41, 5.74) is 1.18. The molecule has 1 N–H and O–H groups in total. The van der Waals surface area contributed by atoms with E-state index in [4.69, 9.17) is 9.47 Å². The summed E-state index contributed by atoms with van der Waals surface area (Å²) in [5.74, 6) is 1.66. The van der Waals surface area contributed by atoms with Gasteiger partial charge in [-0.3, -0.25) is 0 Å². The molecule has 0 bridgehead atoms. The molecule has 0 fully saturated rings. The number of benzene rings is 1. The number of rotatable bonds is 4. The Labute approximate surface area is 144 Å². The van der Waals surface area contributed by atoms with Crippen molar-refractivity contribution in [3.8, 4) is 11.5 Å². The highest BCUT2D eigenvalue weighted by atomic mass is 79.9. The number of nitrogens with one attached hydrogen (secondary N) is 1. The quantitative estimate of drug-likeness (QED) is 0.756. The van der Waals surface area contributed by atoms with Crippen LogP contribution < -0.4 is 14.8 Å². The molecule has 3 rings (SSSR count). The van der Waals surface area contributed by atoms with Gasteiger partial charge in [0.15, 0.2) is 11.5 Å². The zero-order valence-electron chi connectivity index (χ0n) is 11.5. The van der Waals surface area contributed by atoms with E-state index in [-0.39, 0.29) is 6.04 Å². The van der Waals surface area contributed by atoms with Crippen molar-refractivity contribution in [2.75, 3.05) is 19.8 Å². The number of hydrogen-bond donors (Lipinski definition) is 1. The third-order valence-corrected chi connectivity index (χ3v) is 6.58. The van der Waals surface area contributed by atoms with Gasteiger partial charge in [0.05, 0.1) is 9.83 Å².